The van der Waals surface area contributed by atoms with Gasteiger partial charge in [0, 0.05) is 53.7 Å². The smallest absolute Gasteiger partial charge is 0.250 e. The molecular weight excluding hydrogens is 469 g/mol. The summed E-state index contributed by atoms with van der Waals surface area (Å²) in [6, 6.07) is 13.8. The summed E-state index contributed by atoms with van der Waals surface area (Å²) in [5, 5.41) is 15.7. The van der Waals surface area contributed by atoms with E-state index in [2.05, 4.69) is 20.3 Å². The fourth-order valence-corrected chi connectivity index (χ4v) is 4.30. The molecule has 9 heteroatoms. The van der Waals surface area contributed by atoms with Crippen molar-refractivity contribution in [1.29, 1.82) is 0 Å². The second-order valence-electron chi connectivity index (χ2n) is 8.28. The Morgan fingerprint density at radius 2 is 2.00 bits per heavy atom. The molecule has 7 nitrogen and oxygen atoms in total. The number of H-pyrrole nitrogens is 1. The molecule has 0 aliphatic carbocycles. The first-order valence-electron chi connectivity index (χ1n) is 10.9. The van der Waals surface area contributed by atoms with E-state index in [1.807, 2.05) is 12.1 Å². The molecule has 0 spiro atoms. The fraction of sp³-hybridized carbons (Fsp3) is 0.115. The van der Waals surface area contributed by atoms with Crippen molar-refractivity contribution in [3.05, 3.63) is 106 Å². The van der Waals surface area contributed by atoms with Crippen molar-refractivity contribution < 1.29 is 14.3 Å². The maximum atomic E-state index is 14.4. The lowest BCUT2D eigenvalue weighted by molar-refractivity contribution is 0.100. The largest absolute Gasteiger partial charge is 0.374 e. The first-order valence-corrected chi connectivity index (χ1v) is 11.2. The Bertz CT molecular complexity index is 1570. The molecule has 0 fully saturated rings. The summed E-state index contributed by atoms with van der Waals surface area (Å²) in [6.07, 6.45) is 4.18. The number of fused-ring (bicyclic) bond motifs is 2. The Kier molecular flexibility index (Phi) is 6.17. The summed E-state index contributed by atoms with van der Waals surface area (Å²) >= 11 is 6.07. The number of nitrogens with one attached hydrogen (secondary N) is 2. The highest BCUT2D eigenvalue weighted by Crippen LogP contribution is 2.24. The van der Waals surface area contributed by atoms with Gasteiger partial charge in [-0.1, -0.05) is 11.6 Å². The van der Waals surface area contributed by atoms with Gasteiger partial charge < -0.3 is 15.8 Å². The van der Waals surface area contributed by atoms with Gasteiger partial charge in [0.05, 0.1) is 16.1 Å². The number of rotatable bonds is 7. The molecule has 0 aliphatic rings. The number of carbonyl (C=O) groups excluding carboxylic acids is 1. The molecule has 35 heavy (non-hydrogen) atoms. The Balaban J connectivity index is 1.35. The maximum absolute atomic E-state index is 14.4. The lowest BCUT2D eigenvalue weighted by Crippen LogP contribution is -2.21. The number of aromatic amines is 1. The summed E-state index contributed by atoms with van der Waals surface area (Å²) in [5.74, 6) is -0.940. The minimum atomic E-state index is -1.03. The molecule has 5 N–H and O–H groups in total. The molecule has 5 aromatic rings. The number of nitrogens with two attached hydrogens (primary N) is 1. The summed E-state index contributed by atoms with van der Waals surface area (Å²) in [7, 11) is 0. The quantitative estimate of drug-likeness (QED) is 0.253. The highest BCUT2D eigenvalue weighted by atomic mass is 35.5. The van der Waals surface area contributed by atoms with Crippen molar-refractivity contribution in [2.45, 2.75) is 19.2 Å². The SMILES string of the molecule is NC(=O)c1cc(Cc2cc(C(O)NCc3cc4cc[nH]c4cc3F)ccn2)cc2cc(Cl)cnc12. The van der Waals surface area contributed by atoms with E-state index >= 15 is 0 Å². The zero-order valence-corrected chi connectivity index (χ0v) is 19.2. The monoisotopic (exact) mass is 489 g/mol. The molecule has 2 aromatic carbocycles. The van der Waals surface area contributed by atoms with E-state index in [9.17, 15) is 14.3 Å². The number of aromatic nitrogens is 3. The fourth-order valence-electron chi connectivity index (χ4n) is 4.13. The predicted molar refractivity (Wildman–Crippen MR) is 132 cm³/mol. The predicted octanol–water partition coefficient (Wildman–Crippen LogP) is 4.37. The topological polar surface area (TPSA) is 117 Å². The molecule has 3 aromatic heterocycles. The average molecular weight is 490 g/mol. The number of pyridine rings is 2. The van der Waals surface area contributed by atoms with Crippen LogP contribution < -0.4 is 11.1 Å². The van der Waals surface area contributed by atoms with Crippen molar-refractivity contribution in [2.75, 3.05) is 0 Å². The summed E-state index contributed by atoms with van der Waals surface area (Å²) in [5.41, 5.74) is 9.57. The van der Waals surface area contributed by atoms with Gasteiger partial charge in [0.1, 0.15) is 12.0 Å². The van der Waals surface area contributed by atoms with Crippen molar-refractivity contribution in [3.8, 4) is 0 Å². The lowest BCUT2D eigenvalue weighted by Gasteiger charge is -2.15. The van der Waals surface area contributed by atoms with Gasteiger partial charge in [-0.05, 0) is 65.0 Å². The Labute approximate surface area is 204 Å². The molecule has 176 valence electrons. The van der Waals surface area contributed by atoms with Crippen LogP contribution in [0.5, 0.6) is 0 Å². The van der Waals surface area contributed by atoms with Crippen molar-refractivity contribution in [3.63, 3.8) is 0 Å². The van der Waals surface area contributed by atoms with Crippen LogP contribution in [0.4, 0.5) is 4.39 Å². The highest BCUT2D eigenvalue weighted by molar-refractivity contribution is 6.31. The Hall–Kier alpha value is -3.85. The number of primary amides is 1. The van der Waals surface area contributed by atoms with Crippen LogP contribution in [0.2, 0.25) is 5.02 Å². The number of hydrogen-bond donors (Lipinski definition) is 4. The van der Waals surface area contributed by atoms with Gasteiger partial charge >= 0.3 is 0 Å². The number of benzene rings is 2. The highest BCUT2D eigenvalue weighted by Gasteiger charge is 2.14. The molecule has 0 radical (unpaired) electrons. The van der Waals surface area contributed by atoms with Gasteiger partial charge in [-0.25, -0.2) is 4.39 Å². The minimum absolute atomic E-state index is 0.145. The number of halogens is 2. The van der Waals surface area contributed by atoms with Crippen LogP contribution in [-0.4, -0.2) is 26.0 Å². The molecule has 0 saturated carbocycles. The summed E-state index contributed by atoms with van der Waals surface area (Å²) < 4.78 is 14.4. The van der Waals surface area contributed by atoms with Gasteiger partial charge in [-0.15, -0.1) is 0 Å². The molecule has 0 aliphatic heterocycles. The Morgan fingerprint density at radius 3 is 2.83 bits per heavy atom. The second kappa shape index (κ2) is 9.42. The third-order valence-electron chi connectivity index (χ3n) is 5.82. The molecule has 1 atom stereocenters. The zero-order chi connectivity index (χ0) is 24.5. The zero-order valence-electron chi connectivity index (χ0n) is 18.4. The van der Waals surface area contributed by atoms with Crippen LogP contribution >= 0.6 is 11.6 Å². The number of nitrogens with zero attached hydrogens (tertiary/aromatic N) is 2. The van der Waals surface area contributed by atoms with Gasteiger partial charge in [0.2, 0.25) is 0 Å². The molecule has 0 saturated heterocycles. The molecule has 1 amide bonds. The van der Waals surface area contributed by atoms with Crippen LogP contribution in [0.3, 0.4) is 0 Å². The van der Waals surface area contributed by atoms with Gasteiger partial charge in [-0.2, -0.15) is 0 Å². The molecule has 3 heterocycles. The van der Waals surface area contributed by atoms with E-state index in [4.69, 9.17) is 17.3 Å². The third-order valence-corrected chi connectivity index (χ3v) is 6.03. The number of aliphatic hydroxyl groups excluding tert-OH is 1. The van der Waals surface area contributed by atoms with Crippen LogP contribution in [0.1, 0.15) is 39.0 Å². The van der Waals surface area contributed by atoms with E-state index in [1.165, 1.54) is 12.3 Å². The number of amides is 1. The maximum Gasteiger partial charge on any atom is 0.250 e. The normalized spacial score (nSPS) is 12.3. The van der Waals surface area contributed by atoms with Crippen LogP contribution in [0.15, 0.2) is 67.1 Å². The van der Waals surface area contributed by atoms with E-state index in [1.54, 1.807) is 42.7 Å². The van der Waals surface area contributed by atoms with Crippen LogP contribution in [-0.2, 0) is 13.0 Å². The number of aliphatic hydroxyl groups is 1. The Morgan fingerprint density at radius 1 is 1.14 bits per heavy atom. The molecular formula is C26H21ClFN5O2. The van der Waals surface area contributed by atoms with E-state index in [0.717, 1.165) is 16.5 Å². The van der Waals surface area contributed by atoms with Crippen LogP contribution in [0, 0.1) is 5.82 Å². The van der Waals surface area contributed by atoms with Gasteiger partial charge in [0.15, 0.2) is 0 Å². The standard InChI is InChI=1S/C26H21ClFN5O2/c27-19-9-17-5-14(7-21(25(29)34)24(17)32-13-19)6-20-10-16(2-3-30-20)26(35)33-12-18-8-15-1-4-31-23(15)11-22(18)28/h1-5,7-11,13,26,31,33,35H,6,12H2,(H2,29,34). The average Bonchev–Trinajstić information content (AvgIpc) is 3.28. The van der Waals surface area contributed by atoms with Gasteiger partial charge in [0.25, 0.3) is 5.91 Å². The summed E-state index contributed by atoms with van der Waals surface area (Å²) in [4.78, 5) is 23.6. The van der Waals surface area contributed by atoms with E-state index in [0.29, 0.717) is 44.7 Å². The van der Waals surface area contributed by atoms with Crippen molar-refractivity contribution in [2.24, 2.45) is 5.73 Å². The molecule has 0 bridgehead atoms. The van der Waals surface area contributed by atoms with Gasteiger partial charge in [-0.3, -0.25) is 20.1 Å². The van der Waals surface area contributed by atoms with Crippen molar-refractivity contribution in [1.82, 2.24) is 20.3 Å². The minimum Gasteiger partial charge on any atom is -0.374 e. The molecule has 5 rings (SSSR count). The van der Waals surface area contributed by atoms with E-state index in [-0.39, 0.29) is 12.4 Å². The number of carbonyl (C=O) groups is 1. The molecule has 1 unspecified atom stereocenters. The van der Waals surface area contributed by atoms with E-state index < -0.39 is 12.1 Å². The first kappa shape index (κ1) is 22.9. The number of hydrogen-bond acceptors (Lipinski definition) is 5. The third kappa shape index (κ3) is 4.85. The van der Waals surface area contributed by atoms with Crippen molar-refractivity contribution >= 4 is 39.3 Å². The summed E-state index contributed by atoms with van der Waals surface area (Å²) in [6.45, 7) is 0.145. The van der Waals surface area contributed by atoms with Crippen LogP contribution in [0.25, 0.3) is 21.8 Å². The first-order chi connectivity index (χ1) is 16.9. The second-order valence-corrected chi connectivity index (χ2v) is 8.72. The lowest BCUT2D eigenvalue weighted by atomic mass is 10.0.